The summed E-state index contributed by atoms with van der Waals surface area (Å²) >= 11 is 3.46. The SMILES string of the molecule is COc1ccc(N2C(=O)[C@@]3(OC)/C(C)=C(/Br)COC[C@@H](O)[C@H]23)cc1. The molecule has 2 aliphatic rings. The summed E-state index contributed by atoms with van der Waals surface area (Å²) in [7, 11) is 3.08. The molecule has 0 aromatic heterocycles. The van der Waals surface area contributed by atoms with Gasteiger partial charge < -0.3 is 19.3 Å². The minimum Gasteiger partial charge on any atom is -0.497 e. The summed E-state index contributed by atoms with van der Waals surface area (Å²) in [4.78, 5) is 14.6. The van der Waals surface area contributed by atoms with Gasteiger partial charge in [-0.1, -0.05) is 15.9 Å². The fourth-order valence-corrected chi connectivity index (χ4v) is 3.88. The molecule has 0 radical (unpaired) electrons. The van der Waals surface area contributed by atoms with Crippen LogP contribution in [0.25, 0.3) is 0 Å². The van der Waals surface area contributed by atoms with Crippen molar-refractivity contribution in [3.8, 4) is 5.75 Å². The van der Waals surface area contributed by atoms with Crippen LogP contribution in [-0.4, -0.2) is 56.2 Å². The van der Waals surface area contributed by atoms with Gasteiger partial charge in [-0.25, -0.2) is 0 Å². The highest BCUT2D eigenvalue weighted by molar-refractivity contribution is 9.11. The monoisotopic (exact) mass is 397 g/mol. The molecule has 0 bridgehead atoms. The highest BCUT2D eigenvalue weighted by atomic mass is 79.9. The van der Waals surface area contributed by atoms with Gasteiger partial charge in [-0.15, -0.1) is 0 Å². The van der Waals surface area contributed by atoms with Gasteiger partial charge in [-0.2, -0.15) is 0 Å². The molecule has 0 saturated carbocycles. The molecule has 1 aromatic rings. The van der Waals surface area contributed by atoms with Crippen LogP contribution in [0.15, 0.2) is 34.3 Å². The number of benzene rings is 1. The van der Waals surface area contributed by atoms with E-state index in [1.54, 1.807) is 36.3 Å². The number of ether oxygens (including phenoxy) is 3. The molecular formula is C17H20BrNO5. The Bertz CT molecular complexity index is 674. The number of nitrogens with zero attached hydrogens (tertiary/aromatic N) is 1. The second kappa shape index (κ2) is 6.48. The fourth-order valence-electron chi connectivity index (χ4n) is 3.42. The lowest BCUT2D eigenvalue weighted by Gasteiger charge is -2.57. The minimum absolute atomic E-state index is 0.123. The van der Waals surface area contributed by atoms with Gasteiger partial charge in [-0.3, -0.25) is 9.69 Å². The Labute approximate surface area is 149 Å². The summed E-state index contributed by atoms with van der Waals surface area (Å²) in [5.74, 6) is 0.501. The molecule has 1 fully saturated rings. The van der Waals surface area contributed by atoms with E-state index in [-0.39, 0.29) is 12.5 Å². The fraction of sp³-hybridized carbons (Fsp3) is 0.471. The zero-order valence-electron chi connectivity index (χ0n) is 13.8. The zero-order valence-corrected chi connectivity index (χ0v) is 15.4. The third-order valence-corrected chi connectivity index (χ3v) is 5.57. The normalized spacial score (nSPS) is 33.4. The van der Waals surface area contributed by atoms with Gasteiger partial charge in [0.1, 0.15) is 17.9 Å². The van der Waals surface area contributed by atoms with E-state index in [0.717, 1.165) is 10.1 Å². The topological polar surface area (TPSA) is 68.2 Å². The van der Waals surface area contributed by atoms with Crippen molar-refractivity contribution in [2.45, 2.75) is 24.7 Å². The van der Waals surface area contributed by atoms with Gasteiger partial charge in [0.2, 0.25) is 0 Å². The van der Waals surface area contributed by atoms with E-state index in [1.165, 1.54) is 7.11 Å². The number of hydrogen-bond acceptors (Lipinski definition) is 5. The number of methoxy groups -OCH3 is 2. The van der Waals surface area contributed by atoms with Crippen LogP contribution in [-0.2, 0) is 14.3 Å². The first-order chi connectivity index (χ1) is 11.5. The number of anilines is 1. The smallest absolute Gasteiger partial charge is 0.266 e. The molecule has 1 amide bonds. The molecule has 3 rings (SSSR count). The Morgan fingerprint density at radius 1 is 1.33 bits per heavy atom. The summed E-state index contributed by atoms with van der Waals surface area (Å²) in [5.41, 5.74) is 0.229. The Balaban J connectivity index is 2.05. The Morgan fingerprint density at radius 2 is 2.00 bits per heavy atom. The van der Waals surface area contributed by atoms with E-state index in [9.17, 15) is 9.90 Å². The van der Waals surface area contributed by atoms with E-state index in [0.29, 0.717) is 18.0 Å². The van der Waals surface area contributed by atoms with E-state index in [4.69, 9.17) is 14.2 Å². The highest BCUT2D eigenvalue weighted by Gasteiger charge is 2.66. The van der Waals surface area contributed by atoms with E-state index >= 15 is 0 Å². The number of fused-ring (bicyclic) bond motifs is 1. The summed E-state index contributed by atoms with van der Waals surface area (Å²) in [6, 6.07) is 6.57. The van der Waals surface area contributed by atoms with Crippen LogP contribution in [0.2, 0.25) is 0 Å². The molecule has 2 aliphatic heterocycles. The largest absolute Gasteiger partial charge is 0.497 e. The molecule has 1 aromatic carbocycles. The molecule has 3 atom stereocenters. The van der Waals surface area contributed by atoms with Gasteiger partial charge in [0, 0.05) is 17.3 Å². The lowest BCUT2D eigenvalue weighted by Crippen LogP contribution is -2.79. The maximum absolute atomic E-state index is 13.0. The van der Waals surface area contributed by atoms with Crippen molar-refractivity contribution in [2.24, 2.45) is 0 Å². The zero-order chi connectivity index (χ0) is 17.5. The maximum Gasteiger partial charge on any atom is 0.266 e. The molecular weight excluding hydrogens is 378 g/mol. The number of carbonyl (C=O) groups is 1. The predicted molar refractivity (Wildman–Crippen MR) is 92.5 cm³/mol. The van der Waals surface area contributed by atoms with Crippen molar-refractivity contribution in [3.63, 3.8) is 0 Å². The van der Waals surface area contributed by atoms with Gasteiger partial charge >= 0.3 is 0 Å². The van der Waals surface area contributed by atoms with Crippen LogP contribution in [0.3, 0.4) is 0 Å². The number of halogens is 1. The lowest BCUT2D eigenvalue weighted by atomic mass is 9.73. The second-order valence-electron chi connectivity index (χ2n) is 5.87. The molecule has 1 saturated heterocycles. The molecule has 0 spiro atoms. The van der Waals surface area contributed by atoms with E-state index in [2.05, 4.69) is 15.9 Å². The Morgan fingerprint density at radius 3 is 2.58 bits per heavy atom. The summed E-state index contributed by atoms with van der Waals surface area (Å²) < 4.78 is 17.1. The lowest BCUT2D eigenvalue weighted by molar-refractivity contribution is -0.162. The quantitative estimate of drug-likeness (QED) is 0.788. The van der Waals surface area contributed by atoms with Crippen molar-refractivity contribution in [1.82, 2.24) is 0 Å². The summed E-state index contributed by atoms with van der Waals surface area (Å²) in [6.07, 6.45) is -0.861. The van der Waals surface area contributed by atoms with Crippen molar-refractivity contribution in [2.75, 3.05) is 32.3 Å². The molecule has 7 heteroatoms. The molecule has 1 N–H and O–H groups in total. The molecule has 0 aliphatic carbocycles. The molecule has 130 valence electrons. The van der Waals surface area contributed by atoms with Crippen LogP contribution in [0.1, 0.15) is 6.92 Å². The van der Waals surface area contributed by atoms with E-state index < -0.39 is 17.7 Å². The third-order valence-electron chi connectivity index (χ3n) is 4.75. The molecule has 2 heterocycles. The number of aliphatic hydroxyl groups is 1. The van der Waals surface area contributed by atoms with Crippen molar-refractivity contribution >= 4 is 27.5 Å². The predicted octanol–water partition coefficient (Wildman–Crippen LogP) is 1.86. The average molecular weight is 398 g/mol. The Hall–Kier alpha value is -1.41. The second-order valence-corrected chi connectivity index (χ2v) is 6.83. The molecule has 24 heavy (non-hydrogen) atoms. The van der Waals surface area contributed by atoms with Gasteiger partial charge in [0.05, 0.1) is 20.3 Å². The first kappa shape index (κ1) is 17.4. The minimum atomic E-state index is -1.18. The van der Waals surface area contributed by atoms with Crippen LogP contribution in [0, 0.1) is 0 Å². The van der Waals surface area contributed by atoms with Crippen LogP contribution in [0.5, 0.6) is 5.75 Å². The van der Waals surface area contributed by atoms with Gasteiger partial charge in [0.25, 0.3) is 5.91 Å². The first-order valence-corrected chi connectivity index (χ1v) is 8.41. The number of carbonyl (C=O) groups excluding carboxylic acids is 1. The van der Waals surface area contributed by atoms with Crippen LogP contribution < -0.4 is 9.64 Å². The summed E-state index contributed by atoms with van der Waals surface area (Å²) in [5, 5.41) is 10.6. The Kier molecular flexibility index (Phi) is 4.70. The van der Waals surface area contributed by atoms with Crippen LogP contribution in [0.4, 0.5) is 5.69 Å². The molecule has 6 nitrogen and oxygen atoms in total. The molecule has 0 unspecified atom stereocenters. The highest BCUT2D eigenvalue weighted by Crippen LogP contribution is 2.47. The van der Waals surface area contributed by atoms with Gasteiger partial charge in [0.15, 0.2) is 5.60 Å². The number of hydrogen-bond donors (Lipinski definition) is 1. The number of amides is 1. The third kappa shape index (κ3) is 2.38. The van der Waals surface area contributed by atoms with Crippen LogP contribution >= 0.6 is 15.9 Å². The standard InChI is InChI=1S/C17H20BrNO5/c1-10-13(18)8-24-9-14(20)15-17(10,23-3)16(21)19(15)11-4-6-12(22-2)7-5-11/h4-7,14-15,20H,8-9H2,1-3H3/b13-10+/t14-,15+,17-/m1/s1. The van der Waals surface area contributed by atoms with Crippen molar-refractivity contribution < 1.29 is 24.1 Å². The number of aliphatic hydroxyl groups excluding tert-OH is 1. The first-order valence-electron chi connectivity index (χ1n) is 7.61. The average Bonchev–Trinajstić information content (AvgIpc) is 2.59. The van der Waals surface area contributed by atoms with Crippen molar-refractivity contribution in [3.05, 3.63) is 34.3 Å². The maximum atomic E-state index is 13.0. The summed E-state index contributed by atoms with van der Waals surface area (Å²) in [6.45, 7) is 2.25. The van der Waals surface area contributed by atoms with E-state index in [1.807, 2.05) is 6.92 Å². The van der Waals surface area contributed by atoms with Gasteiger partial charge in [-0.05, 0) is 36.8 Å². The number of rotatable bonds is 3. The van der Waals surface area contributed by atoms with Crippen molar-refractivity contribution in [1.29, 1.82) is 0 Å². The number of β-lactam (4-membered cyclic amide) rings is 1.